The number of anilines is 1. The van der Waals surface area contributed by atoms with Crippen molar-refractivity contribution >= 4 is 34.9 Å². The Balaban J connectivity index is 2.17. The summed E-state index contributed by atoms with van der Waals surface area (Å²) < 4.78 is 3.58. The minimum atomic E-state index is -0.371. The lowest BCUT2D eigenvalue weighted by atomic mass is 10.4. The van der Waals surface area contributed by atoms with Crippen molar-refractivity contribution in [2.45, 2.75) is 0 Å². The van der Waals surface area contributed by atoms with E-state index in [1.165, 1.54) is 0 Å². The second-order valence-corrected chi connectivity index (χ2v) is 3.60. The molecule has 1 amide bonds. The average molecular weight is 241 g/mol. The Morgan fingerprint density at radius 1 is 1.53 bits per heavy atom. The Kier molecular flexibility index (Phi) is 2.89. The number of aromatic nitrogens is 3. The fraction of sp³-hybridized carbons (Fsp3) is 0. The van der Waals surface area contributed by atoms with Gasteiger partial charge in [0.05, 0.1) is 5.02 Å². The van der Waals surface area contributed by atoms with Gasteiger partial charge in [0.15, 0.2) is 11.5 Å². The molecule has 0 aliphatic rings. The van der Waals surface area contributed by atoms with Crippen LogP contribution in [0.2, 0.25) is 5.02 Å². The van der Waals surface area contributed by atoms with Crippen molar-refractivity contribution in [1.82, 2.24) is 14.6 Å². The Bertz CT molecular complexity index is 473. The van der Waals surface area contributed by atoms with E-state index in [2.05, 4.69) is 19.9 Å². The largest absolute Gasteiger partial charge is 0.304 e. The van der Waals surface area contributed by atoms with E-state index in [1.807, 2.05) is 0 Å². The number of amides is 1. The second kappa shape index (κ2) is 4.33. The van der Waals surface area contributed by atoms with Crippen LogP contribution in [0, 0.1) is 0 Å². The highest BCUT2D eigenvalue weighted by Crippen LogP contribution is 2.17. The molecule has 0 saturated heterocycles. The van der Waals surface area contributed by atoms with Crippen molar-refractivity contribution in [2.24, 2.45) is 0 Å². The number of hydrogen-bond acceptors (Lipinski definition) is 5. The van der Waals surface area contributed by atoms with E-state index < -0.39 is 0 Å². The van der Waals surface area contributed by atoms with Crippen LogP contribution < -0.4 is 5.32 Å². The lowest BCUT2D eigenvalue weighted by Gasteiger charge is -2.02. The summed E-state index contributed by atoms with van der Waals surface area (Å²) in [6.07, 6.45) is 1.54. The molecule has 2 aromatic heterocycles. The molecule has 0 aliphatic carbocycles. The monoisotopic (exact) mass is 240 g/mol. The number of pyridine rings is 1. The molecule has 0 aliphatic heterocycles. The lowest BCUT2D eigenvalue weighted by Crippen LogP contribution is -2.13. The first-order valence-corrected chi connectivity index (χ1v) is 5.18. The summed E-state index contributed by atoms with van der Waals surface area (Å²) >= 11 is 6.93. The van der Waals surface area contributed by atoms with Crippen LogP contribution in [-0.2, 0) is 0 Å². The molecule has 1 N–H and O–H groups in total. The molecule has 2 rings (SSSR count). The van der Waals surface area contributed by atoms with Gasteiger partial charge in [0.25, 0.3) is 5.91 Å². The van der Waals surface area contributed by atoms with Crippen molar-refractivity contribution in [3.8, 4) is 0 Å². The van der Waals surface area contributed by atoms with Crippen molar-refractivity contribution in [3.05, 3.63) is 34.4 Å². The molecular formula is C8H5ClN4OS. The molecule has 2 aromatic rings. The third kappa shape index (κ3) is 2.28. The van der Waals surface area contributed by atoms with Crippen LogP contribution in [-0.4, -0.2) is 20.5 Å². The Morgan fingerprint density at radius 3 is 3.07 bits per heavy atom. The lowest BCUT2D eigenvalue weighted by molar-refractivity contribution is 0.102. The summed E-state index contributed by atoms with van der Waals surface area (Å²) in [4.78, 5) is 15.4. The first-order chi connectivity index (χ1) is 7.27. The van der Waals surface area contributed by atoms with Gasteiger partial charge in [0, 0.05) is 11.6 Å². The molecule has 0 unspecified atom stereocenters. The van der Waals surface area contributed by atoms with Crippen LogP contribution in [0.4, 0.5) is 5.82 Å². The van der Waals surface area contributed by atoms with Gasteiger partial charge in [-0.1, -0.05) is 16.1 Å². The van der Waals surface area contributed by atoms with E-state index in [4.69, 9.17) is 11.6 Å². The fourth-order valence-electron chi connectivity index (χ4n) is 0.913. The maximum Gasteiger partial charge on any atom is 0.278 e. The van der Waals surface area contributed by atoms with Gasteiger partial charge in [-0.05, 0) is 23.7 Å². The zero-order chi connectivity index (χ0) is 10.7. The van der Waals surface area contributed by atoms with E-state index in [9.17, 15) is 4.79 Å². The topological polar surface area (TPSA) is 67.8 Å². The van der Waals surface area contributed by atoms with Gasteiger partial charge in [0.1, 0.15) is 0 Å². The van der Waals surface area contributed by atoms with Gasteiger partial charge in [-0.15, -0.1) is 5.10 Å². The number of nitrogens with zero attached hydrogens (tertiary/aromatic N) is 3. The fourth-order valence-corrected chi connectivity index (χ4v) is 1.52. The molecule has 0 spiro atoms. The quantitative estimate of drug-likeness (QED) is 0.870. The van der Waals surface area contributed by atoms with Crippen molar-refractivity contribution in [3.63, 3.8) is 0 Å². The summed E-state index contributed by atoms with van der Waals surface area (Å²) in [5.41, 5.74) is 0.252. The number of halogens is 1. The van der Waals surface area contributed by atoms with Crippen LogP contribution in [0.5, 0.6) is 0 Å². The smallest absolute Gasteiger partial charge is 0.278 e. The predicted octanol–water partition coefficient (Wildman–Crippen LogP) is 1.84. The maximum atomic E-state index is 11.5. The zero-order valence-electron chi connectivity index (χ0n) is 7.35. The van der Waals surface area contributed by atoms with E-state index in [1.54, 1.807) is 23.7 Å². The summed E-state index contributed by atoms with van der Waals surface area (Å²) in [5.74, 6) is -0.0542. The summed E-state index contributed by atoms with van der Waals surface area (Å²) in [5, 5.41) is 8.09. The van der Waals surface area contributed by atoms with E-state index >= 15 is 0 Å². The maximum absolute atomic E-state index is 11.5. The number of carbonyl (C=O) groups is 1. The van der Waals surface area contributed by atoms with Crippen molar-refractivity contribution in [1.29, 1.82) is 0 Å². The van der Waals surface area contributed by atoms with Crippen molar-refractivity contribution < 1.29 is 4.79 Å². The molecule has 76 valence electrons. The first-order valence-electron chi connectivity index (χ1n) is 3.96. The molecule has 0 aromatic carbocycles. The Hall–Kier alpha value is -1.53. The van der Waals surface area contributed by atoms with E-state index in [0.29, 0.717) is 10.8 Å². The molecule has 7 heteroatoms. The van der Waals surface area contributed by atoms with Gasteiger partial charge in [-0.2, -0.15) is 0 Å². The molecule has 0 atom stereocenters. The summed E-state index contributed by atoms with van der Waals surface area (Å²) in [6, 6.07) is 3.33. The highest BCUT2D eigenvalue weighted by molar-refractivity contribution is 7.03. The molecule has 0 fully saturated rings. The Morgan fingerprint density at radius 2 is 2.40 bits per heavy atom. The van der Waals surface area contributed by atoms with Gasteiger partial charge in [-0.25, -0.2) is 4.98 Å². The first kappa shape index (κ1) is 10.0. The van der Waals surface area contributed by atoms with E-state index in [-0.39, 0.29) is 11.6 Å². The zero-order valence-corrected chi connectivity index (χ0v) is 8.92. The van der Waals surface area contributed by atoms with Gasteiger partial charge in [0.2, 0.25) is 0 Å². The number of nitrogens with one attached hydrogen (secondary N) is 1. The standard InChI is InChI=1S/C8H5ClN4OS/c9-5-2-1-3-10-7(5)11-8(14)6-4-15-13-12-6/h1-4H,(H,10,11,14). The molecule has 2 heterocycles. The number of hydrogen-bond donors (Lipinski definition) is 1. The molecule has 0 radical (unpaired) electrons. The molecular weight excluding hydrogens is 236 g/mol. The number of rotatable bonds is 2. The number of carbonyl (C=O) groups excluding carboxylic acids is 1. The third-order valence-corrected chi connectivity index (χ3v) is 2.39. The third-order valence-electron chi connectivity index (χ3n) is 1.58. The van der Waals surface area contributed by atoms with Crippen LogP contribution in [0.15, 0.2) is 23.7 Å². The summed E-state index contributed by atoms with van der Waals surface area (Å²) in [7, 11) is 0. The molecule has 0 saturated carbocycles. The SMILES string of the molecule is O=C(Nc1ncccc1Cl)c1csnn1. The van der Waals surface area contributed by atoms with Crippen LogP contribution in [0.1, 0.15) is 10.5 Å². The average Bonchev–Trinajstić information content (AvgIpc) is 2.74. The van der Waals surface area contributed by atoms with Crippen LogP contribution >= 0.6 is 23.1 Å². The molecule has 15 heavy (non-hydrogen) atoms. The highest BCUT2D eigenvalue weighted by Gasteiger charge is 2.11. The normalized spacial score (nSPS) is 9.93. The van der Waals surface area contributed by atoms with Crippen LogP contribution in [0.25, 0.3) is 0 Å². The van der Waals surface area contributed by atoms with Crippen molar-refractivity contribution in [2.75, 3.05) is 5.32 Å². The molecule has 5 nitrogen and oxygen atoms in total. The van der Waals surface area contributed by atoms with E-state index in [0.717, 1.165) is 11.5 Å². The minimum Gasteiger partial charge on any atom is -0.304 e. The minimum absolute atomic E-state index is 0.252. The van der Waals surface area contributed by atoms with Gasteiger partial charge >= 0.3 is 0 Å². The van der Waals surface area contributed by atoms with Gasteiger partial charge < -0.3 is 5.32 Å². The Labute approximate surface area is 94.3 Å². The summed E-state index contributed by atoms with van der Waals surface area (Å²) in [6.45, 7) is 0. The van der Waals surface area contributed by atoms with Crippen LogP contribution in [0.3, 0.4) is 0 Å². The van der Waals surface area contributed by atoms with Gasteiger partial charge in [-0.3, -0.25) is 4.79 Å². The predicted molar refractivity (Wildman–Crippen MR) is 57.1 cm³/mol. The highest BCUT2D eigenvalue weighted by atomic mass is 35.5. The molecule has 0 bridgehead atoms. The second-order valence-electron chi connectivity index (χ2n) is 2.58.